The molecule has 1 fully saturated rings. The predicted octanol–water partition coefficient (Wildman–Crippen LogP) is 4.01. The molecule has 1 saturated carbocycles. The molecule has 2 aromatic carbocycles. The quantitative estimate of drug-likeness (QED) is 0.572. The van der Waals surface area contributed by atoms with Crippen LogP contribution in [0.15, 0.2) is 48.5 Å². The summed E-state index contributed by atoms with van der Waals surface area (Å²) in [6, 6.07) is 16.0. The summed E-state index contributed by atoms with van der Waals surface area (Å²) in [6.45, 7) is 2.88. The number of carbonyl (C=O) groups is 1. The molecule has 1 aliphatic carbocycles. The van der Waals surface area contributed by atoms with Gasteiger partial charge >= 0.3 is 6.01 Å². The number of anilines is 1. The van der Waals surface area contributed by atoms with Crippen LogP contribution in [0.25, 0.3) is 17.1 Å². The summed E-state index contributed by atoms with van der Waals surface area (Å²) >= 11 is 0. The van der Waals surface area contributed by atoms with E-state index in [0.717, 1.165) is 41.8 Å². The molecule has 3 aromatic rings. The molecular formula is C23H26N4O3. The summed E-state index contributed by atoms with van der Waals surface area (Å²) in [4.78, 5) is 16.8. The van der Waals surface area contributed by atoms with Crippen molar-refractivity contribution in [3.63, 3.8) is 0 Å². The van der Waals surface area contributed by atoms with Gasteiger partial charge in [-0.05, 0) is 49.6 Å². The van der Waals surface area contributed by atoms with Crippen LogP contribution in [0.4, 0.5) is 5.69 Å². The van der Waals surface area contributed by atoms with Crippen LogP contribution in [-0.4, -0.2) is 41.0 Å². The SMILES string of the molecule is COCCOc1nc(-c2ccccc2C)n(-c2ccc(NC(=O)C3CCC3)cc2)n1. The third kappa shape index (κ3) is 4.36. The Bertz CT molecular complexity index is 1010. The highest BCUT2D eigenvalue weighted by Gasteiger charge is 2.25. The molecule has 0 bridgehead atoms. The van der Waals surface area contributed by atoms with Crippen LogP contribution in [-0.2, 0) is 9.53 Å². The molecule has 7 nitrogen and oxygen atoms in total. The number of amides is 1. The second kappa shape index (κ2) is 9.09. The van der Waals surface area contributed by atoms with Crippen molar-refractivity contribution < 1.29 is 14.3 Å². The molecule has 156 valence electrons. The van der Waals surface area contributed by atoms with Crippen molar-refractivity contribution in [1.82, 2.24) is 14.8 Å². The lowest BCUT2D eigenvalue weighted by Crippen LogP contribution is -2.27. The van der Waals surface area contributed by atoms with Gasteiger partial charge in [0, 0.05) is 24.3 Å². The Kier molecular flexibility index (Phi) is 6.09. The van der Waals surface area contributed by atoms with Gasteiger partial charge in [-0.15, -0.1) is 5.10 Å². The standard InChI is InChI=1S/C23H26N4O3/c1-16-6-3-4-9-20(16)21-25-23(30-15-14-29-2)26-27(21)19-12-10-18(11-13-19)24-22(28)17-7-5-8-17/h3-4,6,9-13,17H,5,7-8,14-15H2,1-2H3,(H,24,28). The smallest absolute Gasteiger partial charge is 0.336 e. The molecule has 0 spiro atoms. The lowest BCUT2D eigenvalue weighted by molar-refractivity contribution is -0.122. The van der Waals surface area contributed by atoms with Crippen molar-refractivity contribution >= 4 is 11.6 Å². The fourth-order valence-electron chi connectivity index (χ4n) is 3.35. The van der Waals surface area contributed by atoms with Gasteiger partial charge < -0.3 is 14.8 Å². The molecular weight excluding hydrogens is 380 g/mol. The minimum Gasteiger partial charge on any atom is -0.460 e. The molecule has 1 heterocycles. The molecule has 0 radical (unpaired) electrons. The third-order valence-electron chi connectivity index (χ3n) is 5.35. The topological polar surface area (TPSA) is 78.3 Å². The number of rotatable bonds is 8. The van der Waals surface area contributed by atoms with E-state index in [1.54, 1.807) is 11.8 Å². The van der Waals surface area contributed by atoms with E-state index in [9.17, 15) is 4.79 Å². The highest BCUT2D eigenvalue weighted by Crippen LogP contribution is 2.29. The number of aromatic nitrogens is 3. The largest absolute Gasteiger partial charge is 0.460 e. The monoisotopic (exact) mass is 406 g/mol. The average molecular weight is 406 g/mol. The Hall–Kier alpha value is -3.19. The summed E-state index contributed by atoms with van der Waals surface area (Å²) in [7, 11) is 1.62. The Morgan fingerprint density at radius 2 is 1.90 bits per heavy atom. The number of nitrogens with zero attached hydrogens (tertiary/aromatic N) is 3. The van der Waals surface area contributed by atoms with Crippen molar-refractivity contribution in [2.75, 3.05) is 25.6 Å². The molecule has 0 aliphatic heterocycles. The van der Waals surface area contributed by atoms with Gasteiger partial charge in [-0.1, -0.05) is 30.7 Å². The zero-order valence-electron chi connectivity index (χ0n) is 17.3. The first kappa shape index (κ1) is 20.1. The number of hydrogen-bond donors (Lipinski definition) is 1. The van der Waals surface area contributed by atoms with Crippen LogP contribution in [0.5, 0.6) is 6.01 Å². The normalized spacial score (nSPS) is 13.7. The van der Waals surface area contributed by atoms with Gasteiger partial charge in [-0.2, -0.15) is 4.98 Å². The van der Waals surface area contributed by atoms with Gasteiger partial charge in [-0.25, -0.2) is 4.68 Å². The lowest BCUT2D eigenvalue weighted by atomic mass is 9.85. The number of benzene rings is 2. The summed E-state index contributed by atoms with van der Waals surface area (Å²) < 4.78 is 12.5. The zero-order valence-corrected chi connectivity index (χ0v) is 17.3. The van der Waals surface area contributed by atoms with E-state index in [-0.39, 0.29) is 11.8 Å². The number of ether oxygens (including phenoxy) is 2. The minimum absolute atomic E-state index is 0.101. The fraction of sp³-hybridized carbons (Fsp3) is 0.348. The molecule has 7 heteroatoms. The van der Waals surface area contributed by atoms with E-state index in [2.05, 4.69) is 15.4 Å². The number of carbonyl (C=O) groups excluding carboxylic acids is 1. The molecule has 0 saturated heterocycles. The lowest BCUT2D eigenvalue weighted by Gasteiger charge is -2.24. The molecule has 0 atom stereocenters. The van der Waals surface area contributed by atoms with Crippen molar-refractivity contribution in [1.29, 1.82) is 0 Å². The average Bonchev–Trinajstić information content (AvgIpc) is 3.11. The highest BCUT2D eigenvalue weighted by atomic mass is 16.5. The molecule has 30 heavy (non-hydrogen) atoms. The van der Waals surface area contributed by atoms with Crippen LogP contribution in [0.1, 0.15) is 24.8 Å². The van der Waals surface area contributed by atoms with E-state index < -0.39 is 0 Å². The van der Waals surface area contributed by atoms with Gasteiger partial charge in [0.1, 0.15) is 6.61 Å². The van der Waals surface area contributed by atoms with Crippen LogP contribution < -0.4 is 10.1 Å². The number of methoxy groups -OCH3 is 1. The van der Waals surface area contributed by atoms with Gasteiger partial charge in [0.2, 0.25) is 5.91 Å². The summed E-state index contributed by atoms with van der Waals surface area (Å²) in [5.74, 6) is 0.954. The molecule has 4 rings (SSSR count). The Morgan fingerprint density at radius 3 is 2.57 bits per heavy atom. The first-order valence-corrected chi connectivity index (χ1v) is 10.2. The number of aryl methyl sites for hydroxylation is 1. The molecule has 0 unspecified atom stereocenters. The van der Waals surface area contributed by atoms with Crippen LogP contribution >= 0.6 is 0 Å². The molecule has 1 N–H and O–H groups in total. The second-order valence-electron chi connectivity index (χ2n) is 7.45. The minimum atomic E-state index is 0.101. The van der Waals surface area contributed by atoms with E-state index in [0.29, 0.717) is 25.0 Å². The van der Waals surface area contributed by atoms with Gasteiger partial charge in [0.15, 0.2) is 5.82 Å². The predicted molar refractivity (Wildman–Crippen MR) is 115 cm³/mol. The third-order valence-corrected chi connectivity index (χ3v) is 5.35. The van der Waals surface area contributed by atoms with Crippen LogP contribution in [0, 0.1) is 12.8 Å². The maximum Gasteiger partial charge on any atom is 0.336 e. The van der Waals surface area contributed by atoms with E-state index in [1.807, 2.05) is 55.5 Å². The van der Waals surface area contributed by atoms with E-state index in [4.69, 9.17) is 9.47 Å². The first-order chi connectivity index (χ1) is 14.7. The van der Waals surface area contributed by atoms with Gasteiger partial charge in [-0.3, -0.25) is 4.79 Å². The summed E-state index contributed by atoms with van der Waals surface area (Å²) in [5.41, 5.74) is 3.70. The van der Waals surface area contributed by atoms with E-state index >= 15 is 0 Å². The van der Waals surface area contributed by atoms with E-state index in [1.165, 1.54) is 0 Å². The van der Waals surface area contributed by atoms with Crippen LogP contribution in [0.2, 0.25) is 0 Å². The maximum absolute atomic E-state index is 12.2. The Labute approximate surface area is 176 Å². The van der Waals surface area contributed by atoms with Gasteiger partial charge in [0.05, 0.1) is 12.3 Å². The Balaban J connectivity index is 1.61. The van der Waals surface area contributed by atoms with Gasteiger partial charge in [0.25, 0.3) is 0 Å². The summed E-state index contributed by atoms with van der Waals surface area (Å²) in [5, 5.41) is 7.55. The fourth-order valence-corrected chi connectivity index (χ4v) is 3.35. The maximum atomic E-state index is 12.2. The van der Waals surface area contributed by atoms with Crippen molar-refractivity contribution in [3.8, 4) is 23.1 Å². The molecule has 1 aliphatic rings. The number of hydrogen-bond acceptors (Lipinski definition) is 5. The van der Waals surface area contributed by atoms with Crippen molar-refractivity contribution in [3.05, 3.63) is 54.1 Å². The number of nitrogens with one attached hydrogen (secondary N) is 1. The molecule has 1 amide bonds. The second-order valence-corrected chi connectivity index (χ2v) is 7.45. The first-order valence-electron chi connectivity index (χ1n) is 10.2. The zero-order chi connectivity index (χ0) is 20.9. The van der Waals surface area contributed by atoms with Crippen molar-refractivity contribution in [2.45, 2.75) is 26.2 Å². The summed E-state index contributed by atoms with van der Waals surface area (Å²) in [6.07, 6.45) is 3.10. The Morgan fingerprint density at radius 1 is 1.13 bits per heavy atom. The van der Waals surface area contributed by atoms with Crippen LogP contribution in [0.3, 0.4) is 0 Å². The highest BCUT2D eigenvalue weighted by molar-refractivity contribution is 5.93. The van der Waals surface area contributed by atoms with Crippen molar-refractivity contribution in [2.24, 2.45) is 5.92 Å². The molecule has 1 aromatic heterocycles.